The third-order valence-electron chi connectivity index (χ3n) is 6.08. The Kier molecular flexibility index (Phi) is 5.70. The molecule has 1 aromatic heterocycles. The normalized spacial score (nSPS) is 13.2. The third-order valence-corrected chi connectivity index (χ3v) is 6.34. The van der Waals surface area contributed by atoms with Gasteiger partial charge in [-0.25, -0.2) is 4.68 Å². The zero-order valence-corrected chi connectivity index (χ0v) is 19.8. The molecule has 8 heteroatoms. The summed E-state index contributed by atoms with van der Waals surface area (Å²) in [5.74, 6) is -0.603. The second-order valence-electron chi connectivity index (χ2n) is 8.38. The van der Waals surface area contributed by atoms with Crippen molar-refractivity contribution in [1.82, 2.24) is 14.7 Å². The van der Waals surface area contributed by atoms with Gasteiger partial charge in [-0.3, -0.25) is 29.4 Å². The van der Waals surface area contributed by atoms with Gasteiger partial charge in [-0.05, 0) is 73.5 Å². The standard InChI is InChI=1S/C27H21ClN4O3/c1-16-7-10-20(13-18(16)15-31-25(33)22-5-3-4-6-23(22)26(31)34)29-14-24-17(2)30-32(27(24)35)21-11-8-19(28)9-12-21/h3-14,30H,15H2,1-2H3. The maximum absolute atomic E-state index is 13.0. The Morgan fingerprint density at radius 1 is 0.914 bits per heavy atom. The van der Waals surface area contributed by atoms with Crippen LogP contribution in [0.1, 0.15) is 43.1 Å². The predicted molar refractivity (Wildman–Crippen MR) is 135 cm³/mol. The van der Waals surface area contributed by atoms with E-state index >= 15 is 0 Å². The number of carbonyl (C=O) groups is 2. The van der Waals surface area contributed by atoms with Gasteiger partial charge >= 0.3 is 0 Å². The van der Waals surface area contributed by atoms with Gasteiger partial charge in [-0.1, -0.05) is 29.8 Å². The molecular weight excluding hydrogens is 464 g/mol. The van der Waals surface area contributed by atoms with Gasteiger partial charge in [-0.15, -0.1) is 0 Å². The first-order chi connectivity index (χ1) is 16.8. The second-order valence-corrected chi connectivity index (χ2v) is 8.81. The first kappa shape index (κ1) is 22.6. The number of amides is 2. The molecule has 4 aromatic rings. The number of hydrogen-bond acceptors (Lipinski definition) is 4. The minimum absolute atomic E-state index is 0.147. The number of imide groups is 1. The van der Waals surface area contributed by atoms with E-state index in [1.165, 1.54) is 15.8 Å². The van der Waals surface area contributed by atoms with E-state index in [0.29, 0.717) is 38.8 Å². The van der Waals surface area contributed by atoms with Crippen LogP contribution in [-0.4, -0.2) is 32.7 Å². The van der Waals surface area contributed by atoms with E-state index in [9.17, 15) is 14.4 Å². The highest BCUT2D eigenvalue weighted by atomic mass is 35.5. The molecule has 0 fully saturated rings. The summed E-state index contributed by atoms with van der Waals surface area (Å²) in [5, 5.41) is 3.65. The van der Waals surface area contributed by atoms with Gasteiger partial charge in [0.1, 0.15) is 0 Å². The molecule has 0 unspecified atom stereocenters. The van der Waals surface area contributed by atoms with Crippen molar-refractivity contribution in [3.8, 4) is 5.69 Å². The van der Waals surface area contributed by atoms with Gasteiger partial charge in [0.15, 0.2) is 0 Å². The summed E-state index contributed by atoms with van der Waals surface area (Å²) in [4.78, 5) is 44.2. The zero-order valence-electron chi connectivity index (χ0n) is 19.1. The number of aliphatic imine (C=N–C) groups is 1. The number of benzene rings is 3. The molecule has 174 valence electrons. The monoisotopic (exact) mass is 484 g/mol. The Morgan fingerprint density at radius 3 is 2.23 bits per heavy atom. The number of rotatable bonds is 5. The maximum atomic E-state index is 13.0. The molecule has 1 aliphatic heterocycles. The second kappa shape index (κ2) is 8.85. The SMILES string of the molecule is Cc1ccc(N=Cc2c(C)[nH]n(-c3ccc(Cl)cc3)c2=O)cc1CN1C(=O)c2ccccc2C1=O. The number of nitrogens with one attached hydrogen (secondary N) is 1. The molecule has 0 atom stereocenters. The van der Waals surface area contributed by atoms with Crippen molar-refractivity contribution < 1.29 is 9.59 Å². The molecule has 35 heavy (non-hydrogen) atoms. The largest absolute Gasteiger partial charge is 0.295 e. The lowest BCUT2D eigenvalue weighted by molar-refractivity contribution is 0.0642. The minimum atomic E-state index is -0.301. The molecule has 7 nitrogen and oxygen atoms in total. The molecular formula is C27H21ClN4O3. The zero-order chi connectivity index (χ0) is 24.7. The number of H-pyrrole nitrogens is 1. The van der Waals surface area contributed by atoms with E-state index in [1.807, 2.05) is 25.1 Å². The van der Waals surface area contributed by atoms with E-state index in [2.05, 4.69) is 10.1 Å². The van der Waals surface area contributed by atoms with Crippen molar-refractivity contribution in [2.75, 3.05) is 0 Å². The molecule has 3 aromatic carbocycles. The number of aromatic amines is 1. The fraction of sp³-hybridized carbons (Fsp3) is 0.111. The summed E-state index contributed by atoms with van der Waals surface area (Å²) < 4.78 is 1.44. The Labute approximate surface area is 206 Å². The van der Waals surface area contributed by atoms with Crippen LogP contribution in [0.15, 0.2) is 76.5 Å². The van der Waals surface area contributed by atoms with Crippen LogP contribution in [0.25, 0.3) is 5.69 Å². The van der Waals surface area contributed by atoms with Crippen LogP contribution < -0.4 is 5.56 Å². The van der Waals surface area contributed by atoms with Crippen LogP contribution >= 0.6 is 11.6 Å². The number of fused-ring (bicyclic) bond motifs is 1. The van der Waals surface area contributed by atoms with Gasteiger partial charge in [0.05, 0.1) is 34.6 Å². The Hall–Kier alpha value is -4.23. The maximum Gasteiger partial charge on any atom is 0.280 e. The molecule has 2 amide bonds. The molecule has 1 N–H and O–H groups in total. The van der Waals surface area contributed by atoms with Crippen molar-refractivity contribution in [2.45, 2.75) is 20.4 Å². The fourth-order valence-electron chi connectivity index (χ4n) is 4.08. The Morgan fingerprint density at radius 2 is 1.57 bits per heavy atom. The van der Waals surface area contributed by atoms with Crippen molar-refractivity contribution >= 4 is 35.3 Å². The first-order valence-corrected chi connectivity index (χ1v) is 11.4. The third kappa shape index (κ3) is 4.11. The van der Waals surface area contributed by atoms with Crippen molar-refractivity contribution in [3.05, 3.63) is 116 Å². The summed E-state index contributed by atoms with van der Waals surface area (Å²) in [6.45, 7) is 3.87. The Bertz CT molecular complexity index is 1530. The van der Waals surface area contributed by atoms with Gasteiger partial charge in [0.25, 0.3) is 17.4 Å². The van der Waals surface area contributed by atoms with Gasteiger partial charge in [0, 0.05) is 16.9 Å². The summed E-state index contributed by atoms with van der Waals surface area (Å²) in [6, 6.07) is 19.3. The molecule has 0 saturated heterocycles. The van der Waals surface area contributed by atoms with Crippen LogP contribution in [0.3, 0.4) is 0 Å². The van der Waals surface area contributed by atoms with Crippen LogP contribution in [-0.2, 0) is 6.54 Å². The van der Waals surface area contributed by atoms with Gasteiger partial charge in [-0.2, -0.15) is 0 Å². The molecule has 0 bridgehead atoms. The smallest absolute Gasteiger partial charge is 0.280 e. The Balaban J connectivity index is 1.41. The molecule has 2 heterocycles. The summed E-state index contributed by atoms with van der Waals surface area (Å²) in [5.41, 5.74) is 4.73. The highest BCUT2D eigenvalue weighted by Crippen LogP contribution is 2.26. The van der Waals surface area contributed by atoms with E-state index < -0.39 is 0 Å². The van der Waals surface area contributed by atoms with Crippen LogP contribution in [0.4, 0.5) is 5.69 Å². The summed E-state index contributed by atoms with van der Waals surface area (Å²) in [6.07, 6.45) is 1.52. The molecule has 0 aliphatic carbocycles. The quantitative estimate of drug-likeness (QED) is 0.320. The predicted octanol–water partition coefficient (Wildman–Crippen LogP) is 4.98. The lowest BCUT2D eigenvalue weighted by atomic mass is 10.1. The number of carbonyl (C=O) groups excluding carboxylic acids is 2. The van der Waals surface area contributed by atoms with Gasteiger partial charge in [0.2, 0.25) is 0 Å². The topological polar surface area (TPSA) is 87.5 Å². The molecule has 0 spiro atoms. The van der Waals surface area contributed by atoms with Gasteiger partial charge < -0.3 is 0 Å². The minimum Gasteiger partial charge on any atom is -0.295 e. The molecule has 0 radical (unpaired) electrons. The molecule has 0 saturated carbocycles. The lowest BCUT2D eigenvalue weighted by Crippen LogP contribution is -2.29. The average Bonchev–Trinajstić information content (AvgIpc) is 3.27. The highest BCUT2D eigenvalue weighted by Gasteiger charge is 2.35. The van der Waals surface area contributed by atoms with Crippen LogP contribution in [0.2, 0.25) is 5.02 Å². The van der Waals surface area contributed by atoms with Crippen molar-refractivity contribution in [3.63, 3.8) is 0 Å². The number of hydrogen-bond donors (Lipinski definition) is 1. The number of halogens is 1. The number of aromatic nitrogens is 2. The highest BCUT2D eigenvalue weighted by molar-refractivity contribution is 6.30. The number of aryl methyl sites for hydroxylation is 2. The summed E-state index contributed by atoms with van der Waals surface area (Å²) in [7, 11) is 0. The fourth-order valence-corrected chi connectivity index (χ4v) is 4.21. The van der Waals surface area contributed by atoms with Crippen molar-refractivity contribution in [1.29, 1.82) is 0 Å². The van der Waals surface area contributed by atoms with E-state index in [1.54, 1.807) is 55.5 Å². The van der Waals surface area contributed by atoms with Crippen LogP contribution in [0, 0.1) is 13.8 Å². The molecule has 5 rings (SSSR count). The van der Waals surface area contributed by atoms with E-state index in [0.717, 1.165) is 11.1 Å². The van der Waals surface area contributed by atoms with Crippen molar-refractivity contribution in [2.24, 2.45) is 4.99 Å². The number of nitrogens with zero attached hydrogens (tertiary/aromatic N) is 3. The lowest BCUT2D eigenvalue weighted by Gasteiger charge is -2.16. The van der Waals surface area contributed by atoms with E-state index in [4.69, 9.17) is 11.6 Å². The average molecular weight is 485 g/mol. The molecule has 1 aliphatic rings. The first-order valence-electron chi connectivity index (χ1n) is 11.0. The van der Waals surface area contributed by atoms with Crippen LogP contribution in [0.5, 0.6) is 0 Å². The van der Waals surface area contributed by atoms with E-state index in [-0.39, 0.29) is 23.9 Å². The summed E-state index contributed by atoms with van der Waals surface area (Å²) >= 11 is 5.95.